The molecule has 80 valence electrons. The zero-order valence-electron chi connectivity index (χ0n) is 10.2. The molecule has 14 heavy (non-hydrogen) atoms. The maximum atomic E-state index is 4.08. The summed E-state index contributed by atoms with van der Waals surface area (Å²) in [6.45, 7) is 8.70. The monoisotopic (exact) mass is 193 g/mol. The normalized spacial score (nSPS) is 14.8. The highest BCUT2D eigenvalue weighted by atomic mass is 14.6. The van der Waals surface area contributed by atoms with Gasteiger partial charge in [0, 0.05) is 13.3 Å². The highest BCUT2D eigenvalue weighted by Crippen LogP contribution is 2.22. The lowest BCUT2D eigenvalue weighted by Crippen LogP contribution is -1.94. The van der Waals surface area contributed by atoms with E-state index in [2.05, 4.69) is 38.8 Å². The summed E-state index contributed by atoms with van der Waals surface area (Å²) in [6, 6.07) is 0. The Labute approximate surface area is 88.6 Å². The van der Waals surface area contributed by atoms with Crippen molar-refractivity contribution in [2.75, 3.05) is 7.05 Å². The van der Waals surface area contributed by atoms with Gasteiger partial charge in [0.15, 0.2) is 0 Å². The quantitative estimate of drug-likeness (QED) is 0.459. The fourth-order valence-corrected chi connectivity index (χ4v) is 1.72. The molecular weight excluding hydrogens is 170 g/mol. The molecule has 0 bridgehead atoms. The molecule has 0 amide bonds. The van der Waals surface area contributed by atoms with Gasteiger partial charge in [0.25, 0.3) is 0 Å². The second-order valence-electron chi connectivity index (χ2n) is 3.47. The van der Waals surface area contributed by atoms with E-state index in [0.717, 1.165) is 12.8 Å². The van der Waals surface area contributed by atoms with Crippen molar-refractivity contribution in [1.82, 2.24) is 0 Å². The summed E-state index contributed by atoms with van der Waals surface area (Å²) in [5.41, 5.74) is 4.25. The topological polar surface area (TPSA) is 12.4 Å². The molecule has 0 aromatic rings. The van der Waals surface area contributed by atoms with E-state index in [9.17, 15) is 0 Å². The van der Waals surface area contributed by atoms with Crippen LogP contribution in [0.5, 0.6) is 0 Å². The standard InChI is InChI=1S/C13H23N/c1-6-9-13(11(4)10-14-5)12(7-2)8-3/h7,10H,6,8-9H2,1-5H3/b12-7+,13-11-,14-10?. The Bertz CT molecular complexity index is 244. The molecule has 0 unspecified atom stereocenters. The van der Waals surface area contributed by atoms with E-state index in [1.807, 2.05) is 13.3 Å². The van der Waals surface area contributed by atoms with E-state index in [0.29, 0.717) is 0 Å². The summed E-state index contributed by atoms with van der Waals surface area (Å²) < 4.78 is 0. The average molecular weight is 193 g/mol. The van der Waals surface area contributed by atoms with Crippen molar-refractivity contribution in [2.45, 2.75) is 47.0 Å². The van der Waals surface area contributed by atoms with Crippen LogP contribution in [0.1, 0.15) is 47.0 Å². The van der Waals surface area contributed by atoms with Crippen LogP contribution in [0, 0.1) is 0 Å². The molecule has 0 fully saturated rings. The highest BCUT2D eigenvalue weighted by Gasteiger charge is 2.04. The lowest BCUT2D eigenvalue weighted by atomic mass is 9.95. The summed E-state index contributed by atoms with van der Waals surface area (Å²) in [4.78, 5) is 4.08. The zero-order chi connectivity index (χ0) is 11.0. The van der Waals surface area contributed by atoms with Crippen LogP contribution in [-0.2, 0) is 0 Å². The molecule has 0 atom stereocenters. The minimum atomic E-state index is 1.11. The first-order valence-electron chi connectivity index (χ1n) is 5.48. The molecule has 0 spiro atoms. The van der Waals surface area contributed by atoms with Gasteiger partial charge in [0.1, 0.15) is 0 Å². The molecule has 0 aliphatic heterocycles. The molecule has 1 nitrogen and oxygen atoms in total. The third-order valence-electron chi connectivity index (χ3n) is 2.42. The van der Waals surface area contributed by atoms with E-state index in [4.69, 9.17) is 0 Å². The van der Waals surface area contributed by atoms with Gasteiger partial charge in [-0.3, -0.25) is 4.99 Å². The van der Waals surface area contributed by atoms with E-state index < -0.39 is 0 Å². The number of allylic oxidation sites excluding steroid dienone is 4. The number of rotatable bonds is 5. The molecule has 0 saturated heterocycles. The summed E-state index contributed by atoms with van der Waals surface area (Å²) in [6.07, 6.45) is 7.65. The van der Waals surface area contributed by atoms with Crippen LogP contribution in [0.4, 0.5) is 0 Å². The van der Waals surface area contributed by atoms with Crippen LogP contribution in [0.2, 0.25) is 0 Å². The minimum Gasteiger partial charge on any atom is -0.296 e. The smallest absolute Gasteiger partial charge is 0.0277 e. The largest absolute Gasteiger partial charge is 0.296 e. The van der Waals surface area contributed by atoms with Gasteiger partial charge in [-0.2, -0.15) is 0 Å². The van der Waals surface area contributed by atoms with Gasteiger partial charge in [-0.1, -0.05) is 26.3 Å². The van der Waals surface area contributed by atoms with E-state index in [1.165, 1.54) is 23.1 Å². The van der Waals surface area contributed by atoms with Crippen LogP contribution in [-0.4, -0.2) is 13.3 Å². The Morgan fingerprint density at radius 3 is 2.29 bits per heavy atom. The molecule has 0 aliphatic rings. The second-order valence-corrected chi connectivity index (χ2v) is 3.47. The van der Waals surface area contributed by atoms with Gasteiger partial charge in [-0.15, -0.1) is 0 Å². The fourth-order valence-electron chi connectivity index (χ4n) is 1.72. The summed E-state index contributed by atoms with van der Waals surface area (Å²) in [5, 5.41) is 0. The van der Waals surface area contributed by atoms with Gasteiger partial charge in [-0.25, -0.2) is 0 Å². The summed E-state index contributed by atoms with van der Waals surface area (Å²) >= 11 is 0. The summed E-state index contributed by atoms with van der Waals surface area (Å²) in [5.74, 6) is 0. The second kappa shape index (κ2) is 7.54. The van der Waals surface area contributed by atoms with Gasteiger partial charge >= 0.3 is 0 Å². The van der Waals surface area contributed by atoms with Crippen LogP contribution < -0.4 is 0 Å². The molecule has 0 heterocycles. The van der Waals surface area contributed by atoms with Gasteiger partial charge < -0.3 is 0 Å². The Morgan fingerprint density at radius 2 is 1.93 bits per heavy atom. The van der Waals surface area contributed by atoms with E-state index >= 15 is 0 Å². The number of nitrogens with zero attached hydrogens (tertiary/aromatic N) is 1. The molecule has 0 rings (SSSR count). The molecular formula is C13H23N. The van der Waals surface area contributed by atoms with Crippen molar-refractivity contribution >= 4 is 6.21 Å². The number of hydrogen-bond donors (Lipinski definition) is 0. The molecule has 0 aliphatic carbocycles. The zero-order valence-corrected chi connectivity index (χ0v) is 10.2. The minimum absolute atomic E-state index is 1.11. The fraction of sp³-hybridized carbons (Fsp3) is 0.615. The Kier molecular flexibility index (Phi) is 7.09. The van der Waals surface area contributed by atoms with Gasteiger partial charge in [-0.05, 0) is 43.4 Å². The van der Waals surface area contributed by atoms with Crippen LogP contribution in [0.3, 0.4) is 0 Å². The first kappa shape index (κ1) is 13.2. The Balaban J connectivity index is 5.00. The summed E-state index contributed by atoms with van der Waals surface area (Å²) in [7, 11) is 1.83. The van der Waals surface area contributed by atoms with Crippen molar-refractivity contribution in [2.24, 2.45) is 4.99 Å². The molecule has 0 aromatic heterocycles. The SMILES string of the molecule is C/C=C(CC)/C(CCC)=C(/C)C=NC. The highest BCUT2D eigenvalue weighted by molar-refractivity contribution is 5.80. The predicted molar refractivity (Wildman–Crippen MR) is 66.1 cm³/mol. The van der Waals surface area contributed by atoms with Crippen molar-refractivity contribution in [3.8, 4) is 0 Å². The van der Waals surface area contributed by atoms with Crippen molar-refractivity contribution < 1.29 is 0 Å². The molecule has 0 saturated carbocycles. The van der Waals surface area contributed by atoms with E-state index in [1.54, 1.807) is 0 Å². The van der Waals surface area contributed by atoms with Crippen LogP contribution in [0.15, 0.2) is 27.8 Å². The molecule has 1 heteroatoms. The van der Waals surface area contributed by atoms with Crippen molar-refractivity contribution in [3.05, 3.63) is 22.8 Å². The first-order chi connectivity index (χ1) is 6.71. The first-order valence-corrected chi connectivity index (χ1v) is 5.48. The van der Waals surface area contributed by atoms with Gasteiger partial charge in [0.05, 0.1) is 0 Å². The lowest BCUT2D eigenvalue weighted by Gasteiger charge is -2.11. The molecule has 0 radical (unpaired) electrons. The maximum absolute atomic E-state index is 4.08. The Morgan fingerprint density at radius 1 is 1.29 bits per heavy atom. The number of hydrogen-bond acceptors (Lipinski definition) is 1. The van der Waals surface area contributed by atoms with E-state index in [-0.39, 0.29) is 0 Å². The Hall–Kier alpha value is -0.850. The lowest BCUT2D eigenvalue weighted by molar-refractivity contribution is 0.885. The van der Waals surface area contributed by atoms with Crippen molar-refractivity contribution in [1.29, 1.82) is 0 Å². The third kappa shape index (κ3) is 3.91. The predicted octanol–water partition coefficient (Wildman–Crippen LogP) is 4.16. The molecule has 0 aromatic carbocycles. The maximum Gasteiger partial charge on any atom is 0.0277 e. The van der Waals surface area contributed by atoms with Crippen LogP contribution in [0.25, 0.3) is 0 Å². The number of aliphatic imine (C=N–C) groups is 1. The molecule has 0 N–H and O–H groups in total. The van der Waals surface area contributed by atoms with Crippen molar-refractivity contribution in [3.63, 3.8) is 0 Å². The van der Waals surface area contributed by atoms with Gasteiger partial charge in [0.2, 0.25) is 0 Å². The average Bonchev–Trinajstić information content (AvgIpc) is 2.18. The third-order valence-corrected chi connectivity index (χ3v) is 2.42. The van der Waals surface area contributed by atoms with Crippen LogP contribution >= 0.6 is 0 Å².